The molecule has 0 amide bonds. The van der Waals surface area contributed by atoms with Crippen LogP contribution in [-0.4, -0.2) is 10.1 Å². The molecule has 0 spiro atoms. The molecular weight excluding hydrogens is 316 g/mol. The van der Waals surface area contributed by atoms with Crippen LogP contribution < -0.4 is 5.73 Å². The van der Waals surface area contributed by atoms with Gasteiger partial charge in [0.2, 0.25) is 0 Å². The van der Waals surface area contributed by atoms with Crippen molar-refractivity contribution in [2.75, 3.05) is 0 Å². The number of aromatic nitrogens is 1. The molecule has 2 aromatic heterocycles. The lowest BCUT2D eigenvalue weighted by atomic mass is 9.94. The van der Waals surface area contributed by atoms with Crippen LogP contribution in [0.4, 0.5) is 0 Å². The van der Waals surface area contributed by atoms with Crippen molar-refractivity contribution in [2.45, 2.75) is 19.9 Å². The summed E-state index contributed by atoms with van der Waals surface area (Å²) in [6.07, 6.45) is 1.91. The molecule has 0 aliphatic rings. The Morgan fingerprint density at radius 1 is 1.17 bits per heavy atom. The summed E-state index contributed by atoms with van der Waals surface area (Å²) in [5, 5.41) is 14.9. The van der Waals surface area contributed by atoms with E-state index in [4.69, 9.17) is 5.73 Å². The van der Waals surface area contributed by atoms with Crippen LogP contribution in [0.3, 0.4) is 0 Å². The van der Waals surface area contributed by atoms with Crippen molar-refractivity contribution in [3.05, 3.63) is 59.1 Å². The number of aromatic hydroxyl groups is 1. The largest absolute Gasteiger partial charge is 0.507 e. The van der Waals surface area contributed by atoms with E-state index < -0.39 is 0 Å². The second-order valence-electron chi connectivity index (χ2n) is 6.18. The number of pyridine rings is 1. The second-order valence-corrected chi connectivity index (χ2v) is 7.13. The topological polar surface area (TPSA) is 59.1 Å². The van der Waals surface area contributed by atoms with Crippen molar-refractivity contribution in [2.24, 2.45) is 5.73 Å². The average molecular weight is 334 g/mol. The zero-order valence-electron chi connectivity index (χ0n) is 13.6. The summed E-state index contributed by atoms with van der Waals surface area (Å²) in [6, 6.07) is 12.0. The van der Waals surface area contributed by atoms with E-state index in [1.54, 1.807) is 17.4 Å². The van der Waals surface area contributed by atoms with Gasteiger partial charge in [-0.15, -0.1) is 11.3 Å². The fourth-order valence-electron chi connectivity index (χ4n) is 3.21. The Balaban J connectivity index is 2.08. The molecule has 4 aromatic rings. The van der Waals surface area contributed by atoms with Gasteiger partial charge in [0.1, 0.15) is 5.75 Å². The average Bonchev–Trinajstić information content (AvgIpc) is 3.04. The van der Waals surface area contributed by atoms with Crippen molar-refractivity contribution in [3.63, 3.8) is 0 Å². The number of thiophene rings is 1. The van der Waals surface area contributed by atoms with Gasteiger partial charge in [0.25, 0.3) is 0 Å². The van der Waals surface area contributed by atoms with Gasteiger partial charge in [-0.25, -0.2) is 0 Å². The zero-order chi connectivity index (χ0) is 16.8. The predicted octanol–water partition coefficient (Wildman–Crippen LogP) is 5.15. The first-order chi connectivity index (χ1) is 11.6. The minimum Gasteiger partial charge on any atom is -0.507 e. The molecule has 2 aromatic carbocycles. The highest BCUT2D eigenvalue weighted by atomic mass is 32.1. The standard InChI is InChI=1S/C20H18N2OS/c1-11-9-16(23)18(14-5-3-13(4-6-14)12(2)21)19-15-7-8-24-17(15)10-22-20(11)19/h3-10,12,23H,21H2,1-2H3/t12-/m1/s1. The minimum atomic E-state index is -0.00680. The summed E-state index contributed by atoms with van der Waals surface area (Å²) in [6.45, 7) is 3.95. The summed E-state index contributed by atoms with van der Waals surface area (Å²) in [5.74, 6) is 0.286. The number of benzene rings is 2. The fraction of sp³-hybridized carbons (Fsp3) is 0.150. The van der Waals surface area contributed by atoms with Gasteiger partial charge in [-0.1, -0.05) is 24.3 Å². The molecule has 3 nitrogen and oxygen atoms in total. The first-order valence-corrected chi connectivity index (χ1v) is 8.78. The molecule has 0 radical (unpaired) electrons. The SMILES string of the molecule is Cc1cc(O)c(-c2ccc([C@@H](C)N)cc2)c2c1ncc1sccc12. The molecule has 4 rings (SSSR count). The number of fused-ring (bicyclic) bond motifs is 3. The second kappa shape index (κ2) is 5.58. The van der Waals surface area contributed by atoms with Crippen LogP contribution >= 0.6 is 11.3 Å². The lowest BCUT2D eigenvalue weighted by molar-refractivity contribution is 0.477. The molecule has 0 saturated carbocycles. The lowest BCUT2D eigenvalue weighted by Gasteiger charge is -2.13. The van der Waals surface area contributed by atoms with E-state index in [2.05, 4.69) is 16.4 Å². The molecular formula is C20H18N2OS. The molecule has 0 aliphatic carbocycles. The van der Waals surface area contributed by atoms with E-state index in [1.165, 1.54) is 0 Å². The van der Waals surface area contributed by atoms with Gasteiger partial charge in [-0.2, -0.15) is 0 Å². The van der Waals surface area contributed by atoms with Gasteiger partial charge in [-0.05, 0) is 48.1 Å². The van der Waals surface area contributed by atoms with Crippen LogP contribution in [0.1, 0.15) is 24.1 Å². The van der Waals surface area contributed by atoms with Crippen LogP contribution in [0.5, 0.6) is 5.75 Å². The molecule has 0 fully saturated rings. The number of nitrogens with two attached hydrogens (primary N) is 1. The molecule has 24 heavy (non-hydrogen) atoms. The number of aryl methyl sites for hydroxylation is 1. The van der Waals surface area contributed by atoms with Gasteiger partial charge in [0.15, 0.2) is 0 Å². The molecule has 2 heterocycles. The minimum absolute atomic E-state index is 0.00680. The molecule has 0 unspecified atom stereocenters. The summed E-state index contributed by atoms with van der Waals surface area (Å²) in [7, 11) is 0. The first kappa shape index (κ1) is 15.1. The van der Waals surface area contributed by atoms with E-state index in [9.17, 15) is 5.11 Å². The summed E-state index contributed by atoms with van der Waals surface area (Å²) < 4.78 is 1.13. The molecule has 4 heteroatoms. The fourth-order valence-corrected chi connectivity index (χ4v) is 3.98. The van der Waals surface area contributed by atoms with Gasteiger partial charge < -0.3 is 10.8 Å². The summed E-state index contributed by atoms with van der Waals surface area (Å²) in [5.41, 5.74) is 10.7. The van der Waals surface area contributed by atoms with Crippen molar-refractivity contribution in [3.8, 4) is 16.9 Å². The molecule has 120 valence electrons. The maximum atomic E-state index is 10.7. The highest BCUT2D eigenvalue weighted by Gasteiger charge is 2.16. The van der Waals surface area contributed by atoms with E-state index >= 15 is 0 Å². The molecule has 0 bridgehead atoms. The number of phenols is 1. The van der Waals surface area contributed by atoms with Crippen LogP contribution in [0.15, 0.2) is 48.0 Å². The molecule has 3 N–H and O–H groups in total. The third kappa shape index (κ3) is 2.27. The number of phenolic OH excluding ortho intramolecular Hbond substituents is 1. The Labute approximate surface area is 144 Å². The van der Waals surface area contributed by atoms with E-state index in [-0.39, 0.29) is 11.8 Å². The lowest BCUT2D eigenvalue weighted by Crippen LogP contribution is -2.04. The Morgan fingerprint density at radius 2 is 1.92 bits per heavy atom. The maximum Gasteiger partial charge on any atom is 0.124 e. The Hall–Kier alpha value is -2.43. The normalized spacial score (nSPS) is 12.8. The van der Waals surface area contributed by atoms with Crippen molar-refractivity contribution in [1.29, 1.82) is 0 Å². The van der Waals surface area contributed by atoms with E-state index in [0.717, 1.165) is 43.2 Å². The van der Waals surface area contributed by atoms with Crippen molar-refractivity contribution >= 4 is 32.3 Å². The smallest absolute Gasteiger partial charge is 0.124 e. The van der Waals surface area contributed by atoms with Crippen LogP contribution in [0, 0.1) is 6.92 Å². The predicted molar refractivity (Wildman–Crippen MR) is 102 cm³/mol. The summed E-state index contributed by atoms with van der Waals surface area (Å²) in [4.78, 5) is 4.63. The molecule has 0 aliphatic heterocycles. The summed E-state index contributed by atoms with van der Waals surface area (Å²) >= 11 is 1.66. The van der Waals surface area contributed by atoms with Crippen molar-refractivity contribution in [1.82, 2.24) is 4.98 Å². The Bertz CT molecular complexity index is 1050. The first-order valence-electron chi connectivity index (χ1n) is 7.90. The molecule has 0 saturated heterocycles. The maximum absolute atomic E-state index is 10.7. The third-order valence-corrected chi connectivity index (χ3v) is 5.32. The van der Waals surface area contributed by atoms with Gasteiger partial charge >= 0.3 is 0 Å². The number of nitrogens with zero attached hydrogens (tertiary/aromatic N) is 1. The highest BCUT2D eigenvalue weighted by molar-refractivity contribution is 7.17. The number of rotatable bonds is 2. The Morgan fingerprint density at radius 3 is 2.62 bits per heavy atom. The van der Waals surface area contributed by atoms with Crippen LogP contribution in [0.2, 0.25) is 0 Å². The van der Waals surface area contributed by atoms with Crippen molar-refractivity contribution < 1.29 is 5.11 Å². The number of hydrogen-bond acceptors (Lipinski definition) is 4. The zero-order valence-corrected chi connectivity index (χ0v) is 14.4. The van der Waals surface area contributed by atoms with Gasteiger partial charge in [-0.3, -0.25) is 4.98 Å². The van der Waals surface area contributed by atoms with E-state index in [0.29, 0.717) is 0 Å². The highest BCUT2D eigenvalue weighted by Crippen LogP contribution is 2.42. The quantitative estimate of drug-likeness (QED) is 0.533. The van der Waals surface area contributed by atoms with E-state index in [1.807, 2.05) is 44.3 Å². The molecule has 1 atom stereocenters. The monoisotopic (exact) mass is 334 g/mol. The van der Waals surface area contributed by atoms with Crippen LogP contribution in [-0.2, 0) is 0 Å². The van der Waals surface area contributed by atoms with Crippen LogP contribution in [0.25, 0.3) is 32.1 Å². The Kier molecular flexibility index (Phi) is 3.52. The number of hydrogen-bond donors (Lipinski definition) is 2. The van der Waals surface area contributed by atoms with Gasteiger partial charge in [0, 0.05) is 28.6 Å². The van der Waals surface area contributed by atoms with Gasteiger partial charge in [0.05, 0.1) is 10.2 Å². The third-order valence-electron chi connectivity index (χ3n) is 4.47.